The highest BCUT2D eigenvalue weighted by atomic mass is 35.5. The Morgan fingerprint density at radius 1 is 1.31 bits per heavy atom. The SMILES string of the molecule is COc1ccc(NCC(=O)NN2C(=O)NC3(CCCCC3)C2=O)cc1Cl. The summed E-state index contributed by atoms with van der Waals surface area (Å²) in [6.45, 7) is -0.118. The van der Waals surface area contributed by atoms with Crippen molar-refractivity contribution in [1.82, 2.24) is 15.8 Å². The number of anilines is 1. The van der Waals surface area contributed by atoms with E-state index in [2.05, 4.69) is 16.1 Å². The van der Waals surface area contributed by atoms with Crippen LogP contribution >= 0.6 is 11.6 Å². The van der Waals surface area contributed by atoms with Gasteiger partial charge < -0.3 is 15.4 Å². The molecule has 3 N–H and O–H groups in total. The van der Waals surface area contributed by atoms with Crippen molar-refractivity contribution in [1.29, 1.82) is 0 Å². The average molecular weight is 381 g/mol. The second-order valence-electron chi connectivity index (χ2n) is 6.45. The maximum absolute atomic E-state index is 12.6. The van der Waals surface area contributed by atoms with Gasteiger partial charge in [-0.3, -0.25) is 15.0 Å². The molecule has 1 aromatic carbocycles. The van der Waals surface area contributed by atoms with Gasteiger partial charge in [0.15, 0.2) is 0 Å². The van der Waals surface area contributed by atoms with Crippen molar-refractivity contribution in [2.75, 3.05) is 19.0 Å². The summed E-state index contributed by atoms with van der Waals surface area (Å²) in [4.78, 5) is 36.8. The molecule has 1 saturated carbocycles. The van der Waals surface area contributed by atoms with Crippen molar-refractivity contribution >= 4 is 35.1 Å². The maximum atomic E-state index is 12.6. The molecule has 2 aliphatic rings. The van der Waals surface area contributed by atoms with E-state index >= 15 is 0 Å². The Balaban J connectivity index is 1.57. The molecule has 0 aromatic heterocycles. The molecule has 0 atom stereocenters. The Bertz CT molecular complexity index is 733. The number of hydrogen-bond donors (Lipinski definition) is 3. The van der Waals surface area contributed by atoms with E-state index < -0.39 is 17.5 Å². The van der Waals surface area contributed by atoms with E-state index in [1.807, 2.05) is 0 Å². The molecule has 1 aliphatic heterocycles. The monoisotopic (exact) mass is 380 g/mol. The molecule has 3 rings (SSSR count). The summed E-state index contributed by atoms with van der Waals surface area (Å²) >= 11 is 6.03. The fourth-order valence-corrected chi connectivity index (χ4v) is 3.60. The third kappa shape index (κ3) is 3.55. The number of nitrogens with one attached hydrogen (secondary N) is 3. The van der Waals surface area contributed by atoms with Crippen LogP contribution < -0.4 is 20.8 Å². The van der Waals surface area contributed by atoms with Crippen LogP contribution in [-0.2, 0) is 9.59 Å². The topological polar surface area (TPSA) is 99.8 Å². The zero-order chi connectivity index (χ0) is 18.7. The molecular weight excluding hydrogens is 360 g/mol. The molecule has 1 aromatic rings. The predicted octanol–water partition coefficient (Wildman–Crippen LogP) is 2.05. The summed E-state index contributed by atoms with van der Waals surface area (Å²) in [6, 6.07) is 4.42. The van der Waals surface area contributed by atoms with Crippen LogP contribution in [0.2, 0.25) is 5.02 Å². The van der Waals surface area contributed by atoms with Gasteiger partial charge in [0, 0.05) is 5.69 Å². The van der Waals surface area contributed by atoms with E-state index in [0.29, 0.717) is 29.3 Å². The first-order valence-electron chi connectivity index (χ1n) is 8.49. The third-order valence-electron chi connectivity index (χ3n) is 4.71. The fourth-order valence-electron chi connectivity index (χ4n) is 3.34. The van der Waals surface area contributed by atoms with E-state index in [-0.39, 0.29) is 12.5 Å². The summed E-state index contributed by atoms with van der Waals surface area (Å²) in [5.41, 5.74) is 2.13. The standard InChI is InChI=1S/C17H21ClN4O4/c1-26-13-6-5-11(9-12(13)18)19-10-14(23)21-22-15(24)17(20-16(22)25)7-3-2-4-8-17/h5-6,9,19H,2-4,7-8,10H2,1H3,(H,20,25)(H,21,23). The first-order chi connectivity index (χ1) is 12.4. The molecule has 8 nitrogen and oxygen atoms in total. The normalized spacial score (nSPS) is 18.6. The molecule has 1 saturated heterocycles. The van der Waals surface area contributed by atoms with Crippen LogP contribution in [0.1, 0.15) is 32.1 Å². The lowest BCUT2D eigenvalue weighted by molar-refractivity contribution is -0.139. The molecule has 1 aliphatic carbocycles. The molecule has 1 spiro atoms. The summed E-state index contributed by atoms with van der Waals surface area (Å²) in [5.74, 6) is -0.366. The smallest absolute Gasteiger partial charge is 0.344 e. The molecule has 0 unspecified atom stereocenters. The summed E-state index contributed by atoms with van der Waals surface area (Å²) < 4.78 is 5.06. The number of imide groups is 1. The van der Waals surface area contributed by atoms with Crippen molar-refractivity contribution in [2.24, 2.45) is 0 Å². The lowest BCUT2D eigenvalue weighted by atomic mass is 9.82. The minimum Gasteiger partial charge on any atom is -0.495 e. The van der Waals surface area contributed by atoms with Crippen molar-refractivity contribution in [3.8, 4) is 5.75 Å². The van der Waals surface area contributed by atoms with E-state index in [9.17, 15) is 14.4 Å². The highest BCUT2D eigenvalue weighted by Gasteiger charge is 2.52. The first-order valence-corrected chi connectivity index (χ1v) is 8.86. The van der Waals surface area contributed by atoms with Crippen LogP contribution in [0, 0.1) is 0 Å². The molecule has 0 radical (unpaired) electrons. The van der Waals surface area contributed by atoms with Crippen molar-refractivity contribution in [3.05, 3.63) is 23.2 Å². The number of rotatable bonds is 5. The quantitative estimate of drug-likeness (QED) is 0.679. The average Bonchev–Trinajstić information content (AvgIpc) is 2.85. The van der Waals surface area contributed by atoms with Crippen LogP contribution in [-0.4, -0.2) is 42.0 Å². The Labute approximate surface area is 156 Å². The van der Waals surface area contributed by atoms with Crippen LogP contribution in [0.4, 0.5) is 10.5 Å². The van der Waals surface area contributed by atoms with Crippen LogP contribution in [0.3, 0.4) is 0 Å². The van der Waals surface area contributed by atoms with Gasteiger partial charge in [-0.1, -0.05) is 30.9 Å². The summed E-state index contributed by atoms with van der Waals surface area (Å²) in [5, 5.41) is 6.83. The zero-order valence-corrected chi connectivity index (χ0v) is 15.2. The third-order valence-corrected chi connectivity index (χ3v) is 5.01. The summed E-state index contributed by atoms with van der Waals surface area (Å²) in [6.07, 6.45) is 4.02. The van der Waals surface area contributed by atoms with Gasteiger partial charge in [0.2, 0.25) is 0 Å². The van der Waals surface area contributed by atoms with E-state index in [4.69, 9.17) is 16.3 Å². The van der Waals surface area contributed by atoms with Crippen molar-refractivity contribution in [2.45, 2.75) is 37.6 Å². The largest absolute Gasteiger partial charge is 0.495 e. The lowest BCUT2D eigenvalue weighted by Gasteiger charge is -2.30. The number of hydrogen-bond acceptors (Lipinski definition) is 5. The number of carbonyl (C=O) groups is 3. The fraction of sp³-hybridized carbons (Fsp3) is 0.471. The number of amides is 4. The molecule has 2 fully saturated rings. The molecule has 1 heterocycles. The van der Waals surface area contributed by atoms with Gasteiger partial charge in [-0.15, -0.1) is 0 Å². The molecule has 0 bridgehead atoms. The van der Waals surface area contributed by atoms with Crippen molar-refractivity contribution < 1.29 is 19.1 Å². The van der Waals surface area contributed by atoms with Crippen LogP contribution in [0.25, 0.3) is 0 Å². The number of hydrazine groups is 1. The van der Waals surface area contributed by atoms with Gasteiger partial charge in [0.25, 0.3) is 11.8 Å². The number of nitrogens with zero attached hydrogens (tertiary/aromatic N) is 1. The number of halogens is 1. The number of carbonyl (C=O) groups excluding carboxylic acids is 3. The van der Waals surface area contributed by atoms with Gasteiger partial charge in [-0.25, -0.2) is 4.79 Å². The number of methoxy groups -OCH3 is 1. The van der Waals surface area contributed by atoms with E-state index in [1.165, 1.54) is 7.11 Å². The molecule has 9 heteroatoms. The number of ether oxygens (including phenoxy) is 1. The van der Waals surface area contributed by atoms with Crippen molar-refractivity contribution in [3.63, 3.8) is 0 Å². The highest BCUT2D eigenvalue weighted by molar-refractivity contribution is 6.32. The zero-order valence-electron chi connectivity index (χ0n) is 14.4. The Morgan fingerprint density at radius 3 is 2.69 bits per heavy atom. The van der Waals surface area contributed by atoms with Gasteiger partial charge in [-0.05, 0) is 31.0 Å². The van der Waals surface area contributed by atoms with E-state index in [1.54, 1.807) is 18.2 Å². The summed E-state index contributed by atoms with van der Waals surface area (Å²) in [7, 11) is 1.51. The first kappa shape index (κ1) is 18.3. The van der Waals surface area contributed by atoms with E-state index in [0.717, 1.165) is 24.3 Å². The number of benzene rings is 1. The second-order valence-corrected chi connectivity index (χ2v) is 6.86. The molecule has 26 heavy (non-hydrogen) atoms. The second kappa shape index (κ2) is 7.41. The Kier molecular flexibility index (Phi) is 5.22. The van der Waals surface area contributed by atoms with Gasteiger partial charge in [0.1, 0.15) is 11.3 Å². The number of urea groups is 1. The Morgan fingerprint density at radius 2 is 2.04 bits per heavy atom. The molecular formula is C17H21ClN4O4. The minimum absolute atomic E-state index is 0.118. The molecule has 140 valence electrons. The maximum Gasteiger partial charge on any atom is 0.344 e. The lowest BCUT2D eigenvalue weighted by Crippen LogP contribution is -2.51. The van der Waals surface area contributed by atoms with Gasteiger partial charge in [0.05, 0.1) is 18.7 Å². The highest BCUT2D eigenvalue weighted by Crippen LogP contribution is 2.33. The molecule has 4 amide bonds. The van der Waals surface area contributed by atoms with Gasteiger partial charge >= 0.3 is 6.03 Å². The predicted molar refractivity (Wildman–Crippen MR) is 95.8 cm³/mol. The van der Waals surface area contributed by atoms with Crippen LogP contribution in [0.15, 0.2) is 18.2 Å². The minimum atomic E-state index is -0.862. The van der Waals surface area contributed by atoms with Crippen LogP contribution in [0.5, 0.6) is 5.75 Å². The Hall–Kier alpha value is -2.48. The van der Waals surface area contributed by atoms with Gasteiger partial charge in [-0.2, -0.15) is 5.01 Å².